The van der Waals surface area contributed by atoms with Crippen molar-refractivity contribution >= 4 is 5.96 Å². The van der Waals surface area contributed by atoms with Crippen LogP contribution in [0.2, 0.25) is 0 Å². The van der Waals surface area contributed by atoms with Gasteiger partial charge in [0.05, 0.1) is 19.3 Å². The number of guanidine groups is 1. The number of hydrogen-bond donors (Lipinski definition) is 1. The lowest BCUT2D eigenvalue weighted by Gasteiger charge is -2.29. The number of aliphatic imine (C=N–C) groups is 1. The van der Waals surface area contributed by atoms with Crippen LogP contribution in [0.15, 0.2) is 4.99 Å². The molecule has 1 atom stereocenters. The summed E-state index contributed by atoms with van der Waals surface area (Å²) in [5, 5.41) is 0. The average molecular weight is 231 g/mol. The number of rotatable bonds is 8. The van der Waals surface area contributed by atoms with E-state index in [1.165, 1.54) is 0 Å². The molecule has 0 bridgehead atoms. The summed E-state index contributed by atoms with van der Waals surface area (Å²) in [5.74, 6) is 0.573. The fraction of sp³-hybridized carbons (Fsp3) is 0.909. The third kappa shape index (κ3) is 5.92. The molecule has 0 rings (SSSR count). The first-order valence-electron chi connectivity index (χ1n) is 5.71. The second kappa shape index (κ2) is 9.42. The zero-order valence-electron chi connectivity index (χ0n) is 10.9. The van der Waals surface area contributed by atoms with Crippen molar-refractivity contribution < 1.29 is 9.47 Å². The van der Waals surface area contributed by atoms with Gasteiger partial charge < -0.3 is 20.1 Å². The fourth-order valence-electron chi connectivity index (χ4n) is 1.40. The predicted molar refractivity (Wildman–Crippen MR) is 66.7 cm³/mol. The minimum absolute atomic E-state index is 0.209. The summed E-state index contributed by atoms with van der Waals surface area (Å²) in [4.78, 5) is 6.32. The van der Waals surface area contributed by atoms with E-state index in [1.54, 1.807) is 14.2 Å². The van der Waals surface area contributed by atoms with Crippen molar-refractivity contribution in [2.24, 2.45) is 10.7 Å². The second-order valence-electron chi connectivity index (χ2n) is 3.73. The molecule has 0 aromatic heterocycles. The lowest BCUT2D eigenvalue weighted by molar-refractivity contribution is 0.112. The number of ether oxygens (including phenoxy) is 2. The van der Waals surface area contributed by atoms with Crippen molar-refractivity contribution in [2.45, 2.75) is 26.3 Å². The van der Waals surface area contributed by atoms with Crippen LogP contribution < -0.4 is 5.73 Å². The summed E-state index contributed by atoms with van der Waals surface area (Å²) >= 11 is 0. The van der Waals surface area contributed by atoms with Gasteiger partial charge in [-0.05, 0) is 13.3 Å². The van der Waals surface area contributed by atoms with Gasteiger partial charge in [0.2, 0.25) is 0 Å². The minimum atomic E-state index is 0.209. The zero-order valence-corrected chi connectivity index (χ0v) is 10.9. The molecule has 0 amide bonds. The van der Waals surface area contributed by atoms with Gasteiger partial charge in [0.15, 0.2) is 5.96 Å². The highest BCUT2D eigenvalue weighted by Crippen LogP contribution is 2.00. The molecule has 0 heterocycles. The van der Waals surface area contributed by atoms with Crippen molar-refractivity contribution in [1.82, 2.24) is 4.90 Å². The van der Waals surface area contributed by atoms with E-state index < -0.39 is 0 Å². The third-order valence-electron chi connectivity index (χ3n) is 2.27. The molecule has 2 N–H and O–H groups in total. The van der Waals surface area contributed by atoms with Crippen molar-refractivity contribution in [2.75, 3.05) is 40.5 Å². The van der Waals surface area contributed by atoms with Crippen LogP contribution in [-0.4, -0.2) is 57.4 Å². The van der Waals surface area contributed by atoms with Crippen LogP contribution >= 0.6 is 0 Å². The third-order valence-corrected chi connectivity index (χ3v) is 2.27. The zero-order chi connectivity index (χ0) is 12.4. The van der Waals surface area contributed by atoms with E-state index in [-0.39, 0.29) is 6.04 Å². The van der Waals surface area contributed by atoms with Crippen LogP contribution in [0, 0.1) is 0 Å². The highest BCUT2D eigenvalue weighted by molar-refractivity contribution is 5.78. The topological polar surface area (TPSA) is 60.1 Å². The predicted octanol–water partition coefficient (Wildman–Crippen LogP) is 0.694. The van der Waals surface area contributed by atoms with Crippen molar-refractivity contribution in [3.8, 4) is 0 Å². The molecule has 5 nitrogen and oxygen atoms in total. The van der Waals surface area contributed by atoms with E-state index >= 15 is 0 Å². The Hall–Kier alpha value is -0.810. The lowest BCUT2D eigenvalue weighted by Crippen LogP contribution is -2.47. The first-order chi connectivity index (χ1) is 7.67. The van der Waals surface area contributed by atoms with E-state index in [4.69, 9.17) is 15.2 Å². The molecule has 0 saturated heterocycles. The quantitative estimate of drug-likeness (QED) is 0.493. The number of hydrogen-bond acceptors (Lipinski definition) is 3. The van der Waals surface area contributed by atoms with Gasteiger partial charge in [-0.3, -0.25) is 4.99 Å². The monoisotopic (exact) mass is 231 g/mol. The summed E-state index contributed by atoms with van der Waals surface area (Å²) in [5.41, 5.74) is 5.94. The lowest BCUT2D eigenvalue weighted by atomic mass is 10.3. The first kappa shape index (κ1) is 15.2. The van der Waals surface area contributed by atoms with E-state index in [0.29, 0.717) is 19.2 Å². The standard InChI is InChI=1S/C11H25N3O2/c1-5-6-13-11(12)14(7-8-15-3)10(2)9-16-4/h10H,5-9H2,1-4H3,(H2,12,13). The number of nitrogens with two attached hydrogens (primary N) is 1. The van der Waals surface area contributed by atoms with Gasteiger partial charge in [0.25, 0.3) is 0 Å². The Morgan fingerprint density at radius 1 is 1.38 bits per heavy atom. The van der Waals surface area contributed by atoms with Gasteiger partial charge >= 0.3 is 0 Å². The Morgan fingerprint density at radius 2 is 2.06 bits per heavy atom. The Kier molecular flexibility index (Phi) is 8.94. The van der Waals surface area contributed by atoms with Crippen LogP contribution in [0.3, 0.4) is 0 Å². The Balaban J connectivity index is 4.38. The largest absolute Gasteiger partial charge is 0.383 e. The van der Waals surface area contributed by atoms with Crippen molar-refractivity contribution in [3.05, 3.63) is 0 Å². The van der Waals surface area contributed by atoms with Crippen LogP contribution in [0.1, 0.15) is 20.3 Å². The molecule has 0 aliphatic heterocycles. The van der Waals surface area contributed by atoms with Crippen molar-refractivity contribution in [3.63, 3.8) is 0 Å². The maximum absolute atomic E-state index is 5.94. The number of methoxy groups -OCH3 is 2. The molecule has 0 radical (unpaired) electrons. The van der Waals surface area contributed by atoms with Crippen LogP contribution in [-0.2, 0) is 9.47 Å². The van der Waals surface area contributed by atoms with E-state index in [0.717, 1.165) is 19.5 Å². The molecule has 1 unspecified atom stereocenters. The van der Waals surface area contributed by atoms with E-state index in [1.807, 2.05) is 4.90 Å². The van der Waals surface area contributed by atoms with Crippen LogP contribution in [0.4, 0.5) is 0 Å². The molecule has 0 aromatic carbocycles. The van der Waals surface area contributed by atoms with Gasteiger partial charge in [-0.15, -0.1) is 0 Å². The molecule has 5 heteroatoms. The normalized spacial score (nSPS) is 13.9. The Morgan fingerprint density at radius 3 is 2.56 bits per heavy atom. The molecule has 0 aliphatic rings. The molecular formula is C11H25N3O2. The summed E-state index contributed by atoms with van der Waals surface area (Å²) in [6.07, 6.45) is 0.997. The molecule has 0 fully saturated rings. The summed E-state index contributed by atoms with van der Waals surface area (Å²) in [6.45, 7) is 6.90. The average Bonchev–Trinajstić information content (AvgIpc) is 2.27. The SMILES string of the molecule is CCCN=C(N)N(CCOC)C(C)COC. The summed E-state index contributed by atoms with van der Waals surface area (Å²) < 4.78 is 10.2. The minimum Gasteiger partial charge on any atom is -0.383 e. The highest BCUT2D eigenvalue weighted by atomic mass is 16.5. The smallest absolute Gasteiger partial charge is 0.191 e. The van der Waals surface area contributed by atoms with Crippen LogP contribution in [0.25, 0.3) is 0 Å². The molecular weight excluding hydrogens is 206 g/mol. The molecule has 0 spiro atoms. The highest BCUT2D eigenvalue weighted by Gasteiger charge is 2.15. The van der Waals surface area contributed by atoms with E-state index in [9.17, 15) is 0 Å². The maximum atomic E-state index is 5.94. The summed E-state index contributed by atoms with van der Waals surface area (Å²) in [7, 11) is 3.36. The molecule has 96 valence electrons. The molecule has 0 aromatic rings. The van der Waals surface area contributed by atoms with Gasteiger partial charge in [-0.25, -0.2) is 0 Å². The molecule has 0 saturated carbocycles. The Bertz CT molecular complexity index is 198. The van der Waals surface area contributed by atoms with Crippen molar-refractivity contribution in [1.29, 1.82) is 0 Å². The molecule has 0 aliphatic carbocycles. The van der Waals surface area contributed by atoms with E-state index in [2.05, 4.69) is 18.8 Å². The maximum Gasteiger partial charge on any atom is 0.191 e. The summed E-state index contributed by atoms with van der Waals surface area (Å²) in [6, 6.07) is 0.209. The van der Waals surface area contributed by atoms with Gasteiger partial charge in [-0.1, -0.05) is 6.92 Å². The first-order valence-corrected chi connectivity index (χ1v) is 5.71. The fourth-order valence-corrected chi connectivity index (χ4v) is 1.40. The van der Waals surface area contributed by atoms with Gasteiger partial charge in [-0.2, -0.15) is 0 Å². The second-order valence-corrected chi connectivity index (χ2v) is 3.73. The van der Waals surface area contributed by atoms with Crippen LogP contribution in [0.5, 0.6) is 0 Å². The Labute approximate surface area is 98.6 Å². The van der Waals surface area contributed by atoms with Gasteiger partial charge in [0.1, 0.15) is 0 Å². The molecule has 16 heavy (non-hydrogen) atoms. The number of nitrogens with zero attached hydrogens (tertiary/aromatic N) is 2. The van der Waals surface area contributed by atoms with Gasteiger partial charge in [0, 0.05) is 27.3 Å².